The molecule has 0 spiro atoms. The SMILES string of the molecule is O=C(O)C1CC(c2c(C(F)(F)F)ccc(Cl)c2F)=NO1. The maximum Gasteiger partial charge on any atom is 0.417 e. The van der Waals surface area contributed by atoms with Gasteiger partial charge in [0.15, 0.2) is 5.82 Å². The molecule has 0 saturated heterocycles. The lowest BCUT2D eigenvalue weighted by Gasteiger charge is -2.13. The van der Waals surface area contributed by atoms with Crippen LogP contribution in [0.15, 0.2) is 17.3 Å². The van der Waals surface area contributed by atoms with Gasteiger partial charge in [0.25, 0.3) is 0 Å². The maximum atomic E-state index is 13.9. The summed E-state index contributed by atoms with van der Waals surface area (Å²) in [5.74, 6) is -2.71. The van der Waals surface area contributed by atoms with E-state index in [4.69, 9.17) is 16.7 Å². The minimum Gasteiger partial charge on any atom is -0.478 e. The molecule has 4 nitrogen and oxygen atoms in total. The van der Waals surface area contributed by atoms with Gasteiger partial charge >= 0.3 is 12.1 Å². The molecule has 0 bridgehead atoms. The van der Waals surface area contributed by atoms with E-state index in [0.717, 1.165) is 6.07 Å². The summed E-state index contributed by atoms with van der Waals surface area (Å²) in [6, 6.07) is 1.38. The molecule has 108 valence electrons. The minimum atomic E-state index is -4.83. The highest BCUT2D eigenvalue weighted by Crippen LogP contribution is 2.37. The number of hydrogen-bond acceptors (Lipinski definition) is 3. The Labute approximate surface area is 114 Å². The topological polar surface area (TPSA) is 58.9 Å². The number of oxime groups is 1. The largest absolute Gasteiger partial charge is 0.478 e. The van der Waals surface area contributed by atoms with Gasteiger partial charge < -0.3 is 9.94 Å². The fraction of sp³-hybridized carbons (Fsp3) is 0.273. The van der Waals surface area contributed by atoms with E-state index in [9.17, 15) is 22.4 Å². The van der Waals surface area contributed by atoms with Crippen LogP contribution < -0.4 is 0 Å². The molecule has 2 rings (SSSR count). The van der Waals surface area contributed by atoms with Crippen LogP contribution in [0.25, 0.3) is 0 Å². The third-order valence-corrected chi connectivity index (χ3v) is 2.93. The molecule has 0 saturated carbocycles. The lowest BCUT2D eigenvalue weighted by Crippen LogP contribution is -2.21. The molecule has 1 unspecified atom stereocenters. The number of rotatable bonds is 2. The first-order chi connectivity index (χ1) is 9.21. The number of benzene rings is 1. The molecular formula is C11H6ClF4NO3. The van der Waals surface area contributed by atoms with Crippen molar-refractivity contribution in [1.29, 1.82) is 0 Å². The van der Waals surface area contributed by atoms with Gasteiger partial charge in [-0.1, -0.05) is 16.8 Å². The first kappa shape index (κ1) is 14.6. The van der Waals surface area contributed by atoms with Crippen molar-refractivity contribution in [2.45, 2.75) is 18.7 Å². The van der Waals surface area contributed by atoms with Crippen molar-refractivity contribution >= 4 is 23.3 Å². The van der Waals surface area contributed by atoms with E-state index in [1.807, 2.05) is 0 Å². The molecule has 0 aliphatic carbocycles. The number of carbonyl (C=O) groups is 1. The van der Waals surface area contributed by atoms with Crippen molar-refractivity contribution in [3.05, 3.63) is 34.1 Å². The van der Waals surface area contributed by atoms with E-state index >= 15 is 0 Å². The summed E-state index contributed by atoms with van der Waals surface area (Å²) in [5.41, 5.74) is -2.61. The summed E-state index contributed by atoms with van der Waals surface area (Å²) < 4.78 is 52.4. The monoisotopic (exact) mass is 311 g/mol. The van der Waals surface area contributed by atoms with Gasteiger partial charge in [0.2, 0.25) is 6.10 Å². The van der Waals surface area contributed by atoms with E-state index in [-0.39, 0.29) is 0 Å². The Morgan fingerprint density at radius 2 is 2.10 bits per heavy atom. The van der Waals surface area contributed by atoms with Crippen molar-refractivity contribution in [2.24, 2.45) is 5.16 Å². The summed E-state index contributed by atoms with van der Waals surface area (Å²) in [7, 11) is 0. The number of carboxylic acids is 1. The Morgan fingerprint density at radius 1 is 1.45 bits per heavy atom. The summed E-state index contributed by atoms with van der Waals surface area (Å²) >= 11 is 5.46. The van der Waals surface area contributed by atoms with Crippen LogP contribution in [0.1, 0.15) is 17.5 Å². The summed E-state index contributed by atoms with van der Waals surface area (Å²) in [4.78, 5) is 15.1. The van der Waals surface area contributed by atoms with Crippen molar-refractivity contribution < 1.29 is 32.3 Å². The van der Waals surface area contributed by atoms with Crippen LogP contribution in [-0.4, -0.2) is 22.9 Å². The number of carboxylic acid groups (broad SMARTS) is 1. The zero-order valence-electron chi connectivity index (χ0n) is 9.54. The Hall–Kier alpha value is -1.83. The molecule has 1 heterocycles. The van der Waals surface area contributed by atoms with Gasteiger partial charge in [0, 0.05) is 12.0 Å². The van der Waals surface area contributed by atoms with Crippen LogP contribution in [0.2, 0.25) is 5.02 Å². The molecule has 20 heavy (non-hydrogen) atoms. The van der Waals surface area contributed by atoms with Crippen LogP contribution in [0.3, 0.4) is 0 Å². The average Bonchev–Trinajstić information content (AvgIpc) is 2.80. The molecule has 1 aliphatic rings. The zero-order chi connectivity index (χ0) is 15.1. The highest BCUT2D eigenvalue weighted by molar-refractivity contribution is 6.31. The Morgan fingerprint density at radius 3 is 2.60 bits per heavy atom. The Balaban J connectivity index is 2.51. The molecule has 0 amide bonds. The molecule has 1 aromatic carbocycles. The molecular weight excluding hydrogens is 306 g/mol. The lowest BCUT2D eigenvalue weighted by molar-refractivity contribution is -0.148. The quantitative estimate of drug-likeness (QED) is 0.854. The number of aliphatic carboxylic acids is 1. The van der Waals surface area contributed by atoms with Crippen LogP contribution in [0.4, 0.5) is 17.6 Å². The van der Waals surface area contributed by atoms with Crippen molar-refractivity contribution in [3.63, 3.8) is 0 Å². The normalized spacial score (nSPS) is 18.6. The molecule has 1 atom stereocenters. The van der Waals surface area contributed by atoms with E-state index in [0.29, 0.717) is 6.07 Å². The minimum absolute atomic E-state index is 0.440. The molecule has 0 fully saturated rings. The van der Waals surface area contributed by atoms with E-state index in [2.05, 4.69) is 9.99 Å². The first-order valence-electron chi connectivity index (χ1n) is 5.23. The molecule has 0 radical (unpaired) electrons. The second-order valence-corrected chi connectivity index (χ2v) is 4.36. The number of alkyl halides is 3. The zero-order valence-corrected chi connectivity index (χ0v) is 10.3. The first-order valence-corrected chi connectivity index (χ1v) is 5.60. The molecule has 1 aromatic rings. The average molecular weight is 312 g/mol. The maximum absolute atomic E-state index is 13.9. The van der Waals surface area contributed by atoms with Gasteiger partial charge in [-0.2, -0.15) is 13.2 Å². The van der Waals surface area contributed by atoms with Crippen LogP contribution in [-0.2, 0) is 15.8 Å². The van der Waals surface area contributed by atoms with Crippen LogP contribution in [0, 0.1) is 5.82 Å². The Bertz CT molecular complexity index is 600. The van der Waals surface area contributed by atoms with Crippen molar-refractivity contribution in [3.8, 4) is 0 Å². The van der Waals surface area contributed by atoms with Crippen molar-refractivity contribution in [2.75, 3.05) is 0 Å². The second-order valence-electron chi connectivity index (χ2n) is 3.96. The van der Waals surface area contributed by atoms with Crippen LogP contribution in [0.5, 0.6) is 0 Å². The Kier molecular flexibility index (Phi) is 3.59. The molecule has 0 aromatic heterocycles. The van der Waals surface area contributed by atoms with Gasteiger partial charge in [-0.05, 0) is 12.1 Å². The number of hydrogen-bond donors (Lipinski definition) is 1. The highest BCUT2D eigenvalue weighted by atomic mass is 35.5. The predicted octanol–water partition coefficient (Wildman–Crippen LogP) is 3.08. The predicted molar refractivity (Wildman–Crippen MR) is 60.1 cm³/mol. The van der Waals surface area contributed by atoms with E-state index < -0.39 is 52.3 Å². The fourth-order valence-electron chi connectivity index (χ4n) is 1.73. The van der Waals surface area contributed by atoms with Gasteiger partial charge in [0.1, 0.15) is 0 Å². The highest BCUT2D eigenvalue weighted by Gasteiger charge is 2.39. The smallest absolute Gasteiger partial charge is 0.417 e. The summed E-state index contributed by atoms with van der Waals surface area (Å²) in [5, 5.41) is 11.4. The molecule has 9 heteroatoms. The standard InChI is InChI=1S/C11H6ClF4NO3/c12-5-2-1-4(11(14,15)16)8(9(5)13)6-3-7(10(18)19)20-17-6/h1-2,7H,3H2,(H,18,19). The summed E-state index contributed by atoms with van der Waals surface area (Å²) in [6.45, 7) is 0. The fourth-order valence-corrected chi connectivity index (χ4v) is 1.88. The van der Waals surface area contributed by atoms with Gasteiger partial charge in [0.05, 0.1) is 16.3 Å². The van der Waals surface area contributed by atoms with E-state index in [1.54, 1.807) is 0 Å². The second kappa shape index (κ2) is 4.93. The van der Waals surface area contributed by atoms with Gasteiger partial charge in [-0.3, -0.25) is 0 Å². The van der Waals surface area contributed by atoms with Gasteiger partial charge in [-0.25, -0.2) is 9.18 Å². The van der Waals surface area contributed by atoms with Gasteiger partial charge in [-0.15, -0.1) is 0 Å². The van der Waals surface area contributed by atoms with Crippen LogP contribution >= 0.6 is 11.6 Å². The van der Waals surface area contributed by atoms with Crippen molar-refractivity contribution in [1.82, 2.24) is 0 Å². The molecule has 1 aliphatic heterocycles. The molecule has 1 N–H and O–H groups in total. The number of halogens is 5. The lowest BCUT2D eigenvalue weighted by atomic mass is 9.98. The van der Waals surface area contributed by atoms with E-state index in [1.165, 1.54) is 0 Å². The third-order valence-electron chi connectivity index (χ3n) is 2.63. The third kappa shape index (κ3) is 2.55. The number of nitrogens with zero attached hydrogens (tertiary/aromatic N) is 1. The summed E-state index contributed by atoms with van der Waals surface area (Å²) in [6.07, 6.45) is -6.75.